The van der Waals surface area contributed by atoms with E-state index in [0.29, 0.717) is 24.7 Å². The molecule has 3 aliphatic carbocycles. The molecule has 1 fully saturated rings. The lowest BCUT2D eigenvalue weighted by Gasteiger charge is -2.45. The number of rotatable bonds is 6. The predicted octanol–water partition coefficient (Wildman–Crippen LogP) is 4.71. The first-order chi connectivity index (χ1) is 17.1. The van der Waals surface area contributed by atoms with Gasteiger partial charge in [0.2, 0.25) is 0 Å². The second-order valence-electron chi connectivity index (χ2n) is 9.07. The standard InChI is InChI=1S/C29H26N2O4/c1-3-34-22-14-13-17(15-23(22)35-4-2)16-30-31-28(32)26-24-18-9-5-6-10-19(18)25(27(26)29(31)33)21-12-8-7-11-20(21)24/h5-16,24-27H,3-4H2,1-2H3/b30-16-/t24?,25?,26-,27+. The van der Waals surface area contributed by atoms with Gasteiger partial charge in [0, 0.05) is 11.8 Å². The summed E-state index contributed by atoms with van der Waals surface area (Å²) in [4.78, 5) is 27.3. The summed E-state index contributed by atoms with van der Waals surface area (Å²) in [6, 6.07) is 21.9. The van der Waals surface area contributed by atoms with E-state index < -0.39 is 11.8 Å². The van der Waals surface area contributed by atoms with Gasteiger partial charge in [0.15, 0.2) is 11.5 Å². The second kappa shape index (κ2) is 8.38. The smallest absolute Gasteiger partial charge is 0.254 e. The fourth-order valence-corrected chi connectivity index (χ4v) is 6.05. The lowest BCUT2D eigenvalue weighted by Crippen LogP contribution is -2.41. The van der Waals surface area contributed by atoms with Crippen LogP contribution in [-0.2, 0) is 9.59 Å². The van der Waals surface area contributed by atoms with Crippen LogP contribution in [0.2, 0.25) is 0 Å². The van der Waals surface area contributed by atoms with Crippen LogP contribution in [0.1, 0.15) is 53.5 Å². The molecule has 0 spiro atoms. The Morgan fingerprint density at radius 3 is 1.71 bits per heavy atom. The number of nitrogens with zero attached hydrogens (tertiary/aromatic N) is 2. The van der Waals surface area contributed by atoms with Gasteiger partial charge in [-0.3, -0.25) is 9.59 Å². The third-order valence-electron chi connectivity index (χ3n) is 7.31. The van der Waals surface area contributed by atoms with Gasteiger partial charge in [-0.25, -0.2) is 0 Å². The molecule has 0 unspecified atom stereocenters. The normalized spacial score (nSPS) is 23.9. The summed E-state index contributed by atoms with van der Waals surface area (Å²) in [6.07, 6.45) is 1.55. The Morgan fingerprint density at radius 1 is 0.743 bits per heavy atom. The Morgan fingerprint density at radius 2 is 1.23 bits per heavy atom. The molecule has 4 aliphatic rings. The molecule has 2 bridgehead atoms. The number of carbonyl (C=O) groups is 2. The summed E-state index contributed by atoms with van der Waals surface area (Å²) in [5.41, 5.74) is 5.33. The first-order valence-electron chi connectivity index (χ1n) is 12.1. The van der Waals surface area contributed by atoms with E-state index in [1.807, 2.05) is 56.3 Å². The van der Waals surface area contributed by atoms with Gasteiger partial charge in [0.1, 0.15) is 0 Å². The Kier molecular flexibility index (Phi) is 5.17. The summed E-state index contributed by atoms with van der Waals surface area (Å²) >= 11 is 0. The van der Waals surface area contributed by atoms with Gasteiger partial charge in [0.05, 0.1) is 31.3 Å². The van der Waals surface area contributed by atoms with Gasteiger partial charge in [-0.1, -0.05) is 48.5 Å². The highest BCUT2D eigenvalue weighted by Gasteiger charge is 2.61. The molecular weight excluding hydrogens is 440 g/mol. The molecule has 2 atom stereocenters. The molecule has 0 aromatic heterocycles. The summed E-state index contributed by atoms with van der Waals surface area (Å²) in [7, 11) is 0. The molecule has 0 saturated carbocycles. The lowest BCUT2D eigenvalue weighted by atomic mass is 9.55. The Bertz CT molecular complexity index is 1250. The fourth-order valence-electron chi connectivity index (χ4n) is 6.05. The van der Waals surface area contributed by atoms with Gasteiger partial charge >= 0.3 is 0 Å². The molecule has 6 heteroatoms. The third kappa shape index (κ3) is 3.20. The van der Waals surface area contributed by atoms with Crippen LogP contribution in [-0.4, -0.2) is 36.3 Å². The summed E-state index contributed by atoms with van der Waals surface area (Å²) in [5, 5.41) is 5.48. The SMILES string of the molecule is CCOc1ccc(/C=N\N2C(=O)[C@@H]3C4c5ccccc5C(c5ccccc54)[C@@H]3C2=O)cc1OCC. The number of ether oxygens (including phenoxy) is 2. The summed E-state index contributed by atoms with van der Waals surface area (Å²) < 4.78 is 11.3. The monoisotopic (exact) mass is 466 g/mol. The molecule has 3 aromatic rings. The summed E-state index contributed by atoms with van der Waals surface area (Å²) in [5.74, 6) is -0.346. The van der Waals surface area contributed by atoms with Crippen LogP contribution in [0.15, 0.2) is 71.8 Å². The van der Waals surface area contributed by atoms with Crippen LogP contribution >= 0.6 is 0 Å². The maximum Gasteiger partial charge on any atom is 0.254 e. The molecule has 7 rings (SSSR count). The molecule has 35 heavy (non-hydrogen) atoms. The molecule has 6 nitrogen and oxygen atoms in total. The molecular formula is C29H26N2O4. The van der Waals surface area contributed by atoms with Gasteiger partial charge in [0.25, 0.3) is 11.8 Å². The molecule has 176 valence electrons. The van der Waals surface area contributed by atoms with Crippen molar-refractivity contribution in [2.75, 3.05) is 13.2 Å². The van der Waals surface area contributed by atoms with Crippen molar-refractivity contribution in [2.45, 2.75) is 25.7 Å². The van der Waals surface area contributed by atoms with E-state index >= 15 is 0 Å². The first-order valence-corrected chi connectivity index (χ1v) is 12.1. The van der Waals surface area contributed by atoms with Crippen molar-refractivity contribution in [3.8, 4) is 11.5 Å². The van der Waals surface area contributed by atoms with Crippen LogP contribution in [0.4, 0.5) is 0 Å². The molecule has 1 heterocycles. The van der Waals surface area contributed by atoms with Crippen LogP contribution in [0.25, 0.3) is 0 Å². The zero-order chi connectivity index (χ0) is 24.1. The largest absolute Gasteiger partial charge is 0.490 e. The van der Waals surface area contributed by atoms with Crippen molar-refractivity contribution in [3.63, 3.8) is 0 Å². The van der Waals surface area contributed by atoms with Crippen molar-refractivity contribution in [3.05, 3.63) is 94.5 Å². The molecule has 1 saturated heterocycles. The Balaban J connectivity index is 1.36. The summed E-state index contributed by atoms with van der Waals surface area (Å²) in [6.45, 7) is 4.85. The molecule has 1 aliphatic heterocycles. The van der Waals surface area contributed by atoms with Crippen molar-refractivity contribution >= 4 is 18.0 Å². The minimum absolute atomic E-state index is 0.135. The molecule has 0 radical (unpaired) electrons. The Labute approximate surface area is 204 Å². The van der Waals surface area contributed by atoms with Gasteiger partial charge in [-0.2, -0.15) is 10.1 Å². The van der Waals surface area contributed by atoms with E-state index in [1.165, 1.54) is 0 Å². The van der Waals surface area contributed by atoms with E-state index in [9.17, 15) is 9.59 Å². The second-order valence-corrected chi connectivity index (χ2v) is 9.07. The predicted molar refractivity (Wildman–Crippen MR) is 132 cm³/mol. The zero-order valence-electron chi connectivity index (χ0n) is 19.7. The minimum atomic E-state index is -0.436. The first kappa shape index (κ1) is 21.6. The van der Waals surface area contributed by atoms with Gasteiger partial charge in [-0.15, -0.1) is 0 Å². The lowest BCUT2D eigenvalue weighted by molar-refractivity contribution is -0.139. The maximum absolute atomic E-state index is 13.6. The number of amides is 2. The number of imide groups is 1. The van der Waals surface area contributed by atoms with Crippen molar-refractivity contribution in [2.24, 2.45) is 16.9 Å². The highest BCUT2D eigenvalue weighted by molar-refractivity contribution is 6.08. The number of hydrazone groups is 1. The van der Waals surface area contributed by atoms with Gasteiger partial charge in [-0.05, 0) is 59.9 Å². The zero-order valence-corrected chi connectivity index (χ0v) is 19.7. The highest BCUT2D eigenvalue weighted by atomic mass is 16.5. The Hall–Kier alpha value is -3.93. The van der Waals surface area contributed by atoms with Crippen LogP contribution in [0.3, 0.4) is 0 Å². The maximum atomic E-state index is 13.6. The minimum Gasteiger partial charge on any atom is -0.490 e. The topological polar surface area (TPSA) is 68.2 Å². The molecule has 3 aromatic carbocycles. The third-order valence-corrected chi connectivity index (χ3v) is 7.31. The number of hydrogen-bond acceptors (Lipinski definition) is 5. The highest BCUT2D eigenvalue weighted by Crippen LogP contribution is 2.60. The average Bonchev–Trinajstić information content (AvgIpc) is 3.14. The van der Waals surface area contributed by atoms with Gasteiger partial charge < -0.3 is 9.47 Å². The van der Waals surface area contributed by atoms with E-state index in [1.54, 1.807) is 6.21 Å². The van der Waals surface area contributed by atoms with E-state index in [0.717, 1.165) is 32.8 Å². The quantitative estimate of drug-likeness (QED) is 0.390. The van der Waals surface area contributed by atoms with E-state index in [-0.39, 0.29) is 23.7 Å². The van der Waals surface area contributed by atoms with E-state index in [2.05, 4.69) is 29.4 Å². The number of benzene rings is 3. The fraction of sp³-hybridized carbons (Fsp3) is 0.276. The molecule has 0 N–H and O–H groups in total. The number of carbonyl (C=O) groups excluding carboxylic acids is 2. The molecule has 2 amide bonds. The van der Waals surface area contributed by atoms with Crippen LogP contribution < -0.4 is 9.47 Å². The van der Waals surface area contributed by atoms with Crippen molar-refractivity contribution in [1.29, 1.82) is 0 Å². The van der Waals surface area contributed by atoms with Crippen molar-refractivity contribution in [1.82, 2.24) is 5.01 Å². The van der Waals surface area contributed by atoms with Crippen LogP contribution in [0.5, 0.6) is 11.5 Å². The number of hydrogen-bond donors (Lipinski definition) is 0. The van der Waals surface area contributed by atoms with E-state index in [4.69, 9.17) is 9.47 Å². The average molecular weight is 467 g/mol. The van der Waals surface area contributed by atoms with Crippen molar-refractivity contribution < 1.29 is 19.1 Å². The van der Waals surface area contributed by atoms with Crippen LogP contribution in [0, 0.1) is 11.8 Å².